The number of hydrogen-bond donors (Lipinski definition) is 2. The van der Waals surface area contributed by atoms with Crippen LogP contribution in [0, 0.1) is 0 Å². The predicted molar refractivity (Wildman–Crippen MR) is 74.6 cm³/mol. The van der Waals surface area contributed by atoms with Crippen LogP contribution in [0.4, 0.5) is 5.69 Å². The third kappa shape index (κ3) is 2.61. The molecule has 2 aromatic rings. The number of ether oxygens (including phenoxy) is 1. The Bertz CT molecular complexity index is 662. The lowest BCUT2D eigenvalue weighted by molar-refractivity contribution is 0.0600. The van der Waals surface area contributed by atoms with Crippen LogP contribution >= 0.6 is 0 Å². The highest BCUT2D eigenvalue weighted by atomic mass is 16.5. The van der Waals surface area contributed by atoms with Crippen molar-refractivity contribution in [1.82, 2.24) is 0 Å². The van der Waals surface area contributed by atoms with E-state index in [-0.39, 0.29) is 11.3 Å². The molecule has 0 aromatic heterocycles. The van der Waals surface area contributed by atoms with Crippen molar-refractivity contribution in [2.75, 3.05) is 12.8 Å². The Kier molecular flexibility index (Phi) is 3.70. The summed E-state index contributed by atoms with van der Waals surface area (Å²) in [6, 6.07) is 11.5. The summed E-state index contributed by atoms with van der Waals surface area (Å²) in [5.41, 5.74) is 7.82. The number of carbonyl (C=O) groups excluding carboxylic acids is 1. The van der Waals surface area contributed by atoms with Crippen LogP contribution < -0.4 is 5.73 Å². The van der Waals surface area contributed by atoms with Crippen LogP contribution in [0.1, 0.15) is 20.7 Å². The fourth-order valence-electron chi connectivity index (χ4n) is 1.84. The summed E-state index contributed by atoms with van der Waals surface area (Å²) in [6.45, 7) is 0. The highest BCUT2D eigenvalue weighted by molar-refractivity contribution is 5.95. The van der Waals surface area contributed by atoms with E-state index in [9.17, 15) is 9.59 Å². The zero-order valence-electron chi connectivity index (χ0n) is 10.8. The number of anilines is 1. The third-order valence-corrected chi connectivity index (χ3v) is 2.92. The van der Waals surface area contributed by atoms with Crippen molar-refractivity contribution in [2.45, 2.75) is 0 Å². The minimum absolute atomic E-state index is 0.0551. The van der Waals surface area contributed by atoms with Crippen molar-refractivity contribution < 1.29 is 19.4 Å². The van der Waals surface area contributed by atoms with E-state index in [4.69, 9.17) is 10.8 Å². The summed E-state index contributed by atoms with van der Waals surface area (Å²) in [6.07, 6.45) is 0. The molecule has 0 saturated carbocycles. The van der Waals surface area contributed by atoms with Gasteiger partial charge in [-0.2, -0.15) is 0 Å². The molecule has 2 rings (SSSR count). The van der Waals surface area contributed by atoms with Gasteiger partial charge in [0.2, 0.25) is 0 Å². The molecule has 0 bridgehead atoms. The first-order valence-electron chi connectivity index (χ1n) is 5.84. The number of benzene rings is 2. The number of carboxylic acid groups (broad SMARTS) is 1. The number of aromatic carboxylic acids is 1. The third-order valence-electron chi connectivity index (χ3n) is 2.92. The number of nitrogens with two attached hydrogens (primary N) is 1. The topological polar surface area (TPSA) is 89.6 Å². The Balaban J connectivity index is 2.39. The molecule has 0 aliphatic heterocycles. The van der Waals surface area contributed by atoms with Crippen molar-refractivity contribution in [1.29, 1.82) is 0 Å². The molecule has 3 N–H and O–H groups in total. The van der Waals surface area contributed by atoms with Gasteiger partial charge in [0.1, 0.15) is 0 Å². The first-order valence-corrected chi connectivity index (χ1v) is 5.84. The van der Waals surface area contributed by atoms with E-state index < -0.39 is 11.9 Å². The average molecular weight is 271 g/mol. The van der Waals surface area contributed by atoms with Crippen LogP contribution in [0.5, 0.6) is 0 Å². The number of hydrogen-bond acceptors (Lipinski definition) is 4. The molecule has 2 aromatic carbocycles. The monoisotopic (exact) mass is 271 g/mol. The van der Waals surface area contributed by atoms with Gasteiger partial charge in [-0.3, -0.25) is 0 Å². The van der Waals surface area contributed by atoms with Crippen LogP contribution in [0.25, 0.3) is 11.1 Å². The van der Waals surface area contributed by atoms with Gasteiger partial charge in [0, 0.05) is 5.69 Å². The largest absolute Gasteiger partial charge is 0.478 e. The smallest absolute Gasteiger partial charge is 0.337 e. The van der Waals surface area contributed by atoms with Crippen LogP contribution in [-0.4, -0.2) is 24.2 Å². The minimum atomic E-state index is -1.07. The maximum atomic E-state index is 11.3. The zero-order chi connectivity index (χ0) is 14.7. The quantitative estimate of drug-likeness (QED) is 0.661. The molecule has 20 heavy (non-hydrogen) atoms. The van der Waals surface area contributed by atoms with E-state index in [1.54, 1.807) is 36.4 Å². The van der Waals surface area contributed by atoms with E-state index >= 15 is 0 Å². The Morgan fingerprint density at radius 2 is 1.65 bits per heavy atom. The van der Waals surface area contributed by atoms with Gasteiger partial charge in [0.05, 0.1) is 18.2 Å². The fourth-order valence-corrected chi connectivity index (χ4v) is 1.84. The lowest BCUT2D eigenvalue weighted by atomic mass is 10.0. The molecule has 0 aliphatic carbocycles. The van der Waals surface area contributed by atoms with Crippen LogP contribution in [0.15, 0.2) is 42.5 Å². The van der Waals surface area contributed by atoms with Gasteiger partial charge in [-0.1, -0.05) is 18.2 Å². The summed E-state index contributed by atoms with van der Waals surface area (Å²) in [4.78, 5) is 22.4. The summed E-state index contributed by atoms with van der Waals surface area (Å²) in [5.74, 6) is -1.49. The molecule has 0 atom stereocenters. The molecule has 0 saturated heterocycles. The van der Waals surface area contributed by atoms with E-state index in [1.807, 2.05) is 0 Å². The van der Waals surface area contributed by atoms with Gasteiger partial charge in [-0.15, -0.1) is 0 Å². The lowest BCUT2D eigenvalue weighted by Crippen LogP contribution is -2.02. The average Bonchev–Trinajstić information content (AvgIpc) is 2.47. The molecule has 102 valence electrons. The molecule has 0 amide bonds. The molecular weight excluding hydrogens is 258 g/mol. The van der Waals surface area contributed by atoms with Crippen LogP contribution in [0.3, 0.4) is 0 Å². The summed E-state index contributed by atoms with van der Waals surface area (Å²) >= 11 is 0. The summed E-state index contributed by atoms with van der Waals surface area (Å²) < 4.78 is 4.61. The molecule has 5 heteroatoms. The zero-order valence-corrected chi connectivity index (χ0v) is 10.8. The Morgan fingerprint density at radius 3 is 2.20 bits per heavy atom. The van der Waals surface area contributed by atoms with Crippen LogP contribution in [-0.2, 0) is 4.74 Å². The van der Waals surface area contributed by atoms with Crippen molar-refractivity contribution in [3.63, 3.8) is 0 Å². The van der Waals surface area contributed by atoms with Gasteiger partial charge >= 0.3 is 11.9 Å². The van der Waals surface area contributed by atoms with Crippen LogP contribution in [0.2, 0.25) is 0 Å². The molecule has 0 spiro atoms. The standard InChI is InChI=1S/C15H13NO4/c1-20-15(19)10-4-2-9(3-5-10)11-6-7-13(16)12(8-11)14(17)18/h2-8H,16H2,1H3,(H,17,18). The number of rotatable bonds is 3. The maximum Gasteiger partial charge on any atom is 0.337 e. The molecule has 0 fully saturated rings. The van der Waals surface area contributed by atoms with Gasteiger partial charge in [0.25, 0.3) is 0 Å². The van der Waals surface area contributed by atoms with Crippen molar-refractivity contribution in [3.8, 4) is 11.1 Å². The van der Waals surface area contributed by atoms with Gasteiger partial charge in [0.15, 0.2) is 0 Å². The molecular formula is C15H13NO4. The summed E-state index contributed by atoms with van der Waals surface area (Å²) in [7, 11) is 1.31. The number of methoxy groups -OCH3 is 1. The molecule has 0 aliphatic rings. The number of carboxylic acids is 1. The fraction of sp³-hybridized carbons (Fsp3) is 0.0667. The van der Waals surface area contributed by atoms with E-state index in [0.717, 1.165) is 5.56 Å². The Hall–Kier alpha value is -2.82. The lowest BCUT2D eigenvalue weighted by Gasteiger charge is -2.06. The number of esters is 1. The van der Waals surface area contributed by atoms with Crippen molar-refractivity contribution in [3.05, 3.63) is 53.6 Å². The second-order valence-corrected chi connectivity index (χ2v) is 4.18. The number of carbonyl (C=O) groups is 2. The van der Waals surface area contributed by atoms with Gasteiger partial charge in [-0.25, -0.2) is 9.59 Å². The van der Waals surface area contributed by atoms with Crippen molar-refractivity contribution in [2.24, 2.45) is 0 Å². The highest BCUT2D eigenvalue weighted by Gasteiger charge is 2.10. The van der Waals surface area contributed by atoms with E-state index in [0.29, 0.717) is 11.1 Å². The highest BCUT2D eigenvalue weighted by Crippen LogP contribution is 2.24. The molecule has 0 radical (unpaired) electrons. The van der Waals surface area contributed by atoms with Crippen molar-refractivity contribution >= 4 is 17.6 Å². The molecule has 0 unspecified atom stereocenters. The molecule has 5 nitrogen and oxygen atoms in total. The SMILES string of the molecule is COC(=O)c1ccc(-c2ccc(N)c(C(=O)O)c2)cc1. The Labute approximate surface area is 115 Å². The normalized spacial score (nSPS) is 10.1. The second-order valence-electron chi connectivity index (χ2n) is 4.18. The first-order chi connectivity index (χ1) is 9.52. The summed E-state index contributed by atoms with van der Waals surface area (Å²) in [5, 5.41) is 9.04. The minimum Gasteiger partial charge on any atom is -0.478 e. The van der Waals surface area contributed by atoms with E-state index in [1.165, 1.54) is 13.2 Å². The maximum absolute atomic E-state index is 11.3. The first kappa shape index (κ1) is 13.6. The van der Waals surface area contributed by atoms with Gasteiger partial charge in [-0.05, 0) is 35.4 Å². The van der Waals surface area contributed by atoms with E-state index in [2.05, 4.69) is 4.74 Å². The van der Waals surface area contributed by atoms with Gasteiger partial charge < -0.3 is 15.6 Å². The number of nitrogen functional groups attached to an aromatic ring is 1. The predicted octanol–water partition coefficient (Wildman–Crippen LogP) is 2.42. The molecule has 0 heterocycles. The Morgan fingerprint density at radius 1 is 1.05 bits per heavy atom. The second kappa shape index (κ2) is 5.44.